The Morgan fingerprint density at radius 1 is 0.933 bits per heavy atom. The Hall–Kier alpha value is -2.37. The lowest BCUT2D eigenvalue weighted by atomic mass is 10.5. The molecule has 0 radical (unpaired) electrons. The van der Waals surface area contributed by atoms with Crippen LogP contribution in [-0.2, 0) is 0 Å². The highest BCUT2D eigenvalue weighted by Gasteiger charge is 1.90. The molecule has 0 amide bonds. The summed E-state index contributed by atoms with van der Waals surface area (Å²) in [6.07, 6.45) is 9.73. The van der Waals surface area contributed by atoms with Gasteiger partial charge < -0.3 is 0 Å². The number of aromatic amines is 1. The summed E-state index contributed by atoms with van der Waals surface area (Å²) in [7, 11) is 0. The van der Waals surface area contributed by atoms with E-state index in [2.05, 4.69) is 30.1 Å². The molecular weight excluding hydrogens is 192 g/mol. The minimum atomic E-state index is 0.852. The summed E-state index contributed by atoms with van der Waals surface area (Å²) in [5, 5.41) is 6.52. The number of H-pyrrole nitrogens is 1. The summed E-state index contributed by atoms with van der Waals surface area (Å²) in [5.41, 5.74) is 1.72. The van der Waals surface area contributed by atoms with Crippen LogP contribution in [0.3, 0.4) is 0 Å². The van der Waals surface area contributed by atoms with Crippen molar-refractivity contribution in [2.45, 2.75) is 0 Å². The molecule has 74 valence electrons. The van der Waals surface area contributed by atoms with Crippen LogP contribution in [0, 0.1) is 0 Å². The second kappa shape index (κ2) is 4.75. The van der Waals surface area contributed by atoms with E-state index in [4.69, 9.17) is 0 Å². The Morgan fingerprint density at radius 2 is 1.80 bits per heavy atom. The van der Waals surface area contributed by atoms with Crippen LogP contribution < -0.4 is 0 Å². The molecule has 3 rings (SSSR count). The smallest absolute Gasteiger partial charge is 0.116 e. The van der Waals surface area contributed by atoms with Crippen molar-refractivity contribution in [3.05, 3.63) is 43.5 Å². The van der Waals surface area contributed by atoms with E-state index in [1.165, 1.54) is 12.7 Å². The highest BCUT2D eigenvalue weighted by atomic mass is 15.1. The summed E-state index contributed by atoms with van der Waals surface area (Å²) >= 11 is 0. The van der Waals surface area contributed by atoms with Crippen molar-refractivity contribution in [2.75, 3.05) is 0 Å². The standard InChI is InChI=1S/C5H4N4.C4H4N2/c1-5-4(2-8-9-5)7-3-6-1;1-2-5-4-6-3-1/h1-3H,(H,8,9);1-4H. The zero-order valence-corrected chi connectivity index (χ0v) is 7.78. The molecule has 3 aromatic rings. The van der Waals surface area contributed by atoms with Crippen LogP contribution in [0.2, 0.25) is 0 Å². The fraction of sp³-hybridized carbons (Fsp3) is 0. The Bertz CT molecular complexity index is 449. The van der Waals surface area contributed by atoms with E-state index in [1.807, 2.05) is 0 Å². The molecule has 0 bridgehead atoms. The van der Waals surface area contributed by atoms with Crippen molar-refractivity contribution in [3.8, 4) is 0 Å². The van der Waals surface area contributed by atoms with Gasteiger partial charge in [0, 0.05) is 12.4 Å². The molecule has 1 N–H and O–H groups in total. The zero-order chi connectivity index (χ0) is 10.3. The summed E-state index contributed by atoms with van der Waals surface area (Å²) in [4.78, 5) is 15.1. The number of hydrogen-bond acceptors (Lipinski definition) is 5. The average Bonchev–Trinajstić information content (AvgIpc) is 2.80. The zero-order valence-electron chi connectivity index (χ0n) is 7.78. The Morgan fingerprint density at radius 3 is 2.40 bits per heavy atom. The molecule has 6 nitrogen and oxygen atoms in total. The largest absolute Gasteiger partial charge is 0.275 e. The monoisotopic (exact) mass is 200 g/mol. The lowest BCUT2D eigenvalue weighted by Crippen LogP contribution is -1.74. The second-order valence-corrected chi connectivity index (χ2v) is 2.60. The summed E-state index contributed by atoms with van der Waals surface area (Å²) < 4.78 is 0. The average molecular weight is 200 g/mol. The molecule has 0 atom stereocenters. The van der Waals surface area contributed by atoms with Crippen molar-refractivity contribution in [2.24, 2.45) is 0 Å². The number of rotatable bonds is 0. The summed E-state index contributed by atoms with van der Waals surface area (Å²) in [6.45, 7) is 0. The maximum atomic E-state index is 3.94. The van der Waals surface area contributed by atoms with E-state index >= 15 is 0 Å². The fourth-order valence-electron chi connectivity index (χ4n) is 0.944. The van der Waals surface area contributed by atoms with Gasteiger partial charge in [-0.15, -0.1) is 0 Å². The Balaban J connectivity index is 0.000000124. The van der Waals surface area contributed by atoms with Gasteiger partial charge in [-0.25, -0.2) is 19.9 Å². The molecule has 0 fully saturated rings. The molecule has 3 heterocycles. The van der Waals surface area contributed by atoms with Crippen LogP contribution in [0.25, 0.3) is 11.0 Å². The molecule has 3 aromatic heterocycles. The lowest BCUT2D eigenvalue weighted by molar-refractivity contribution is 1.11. The van der Waals surface area contributed by atoms with Gasteiger partial charge in [-0.05, 0) is 6.07 Å². The number of nitrogens with zero attached hydrogens (tertiary/aromatic N) is 5. The molecule has 0 aliphatic heterocycles. The van der Waals surface area contributed by atoms with Crippen molar-refractivity contribution >= 4 is 11.0 Å². The first-order valence-electron chi connectivity index (χ1n) is 4.26. The molecule has 6 heteroatoms. The van der Waals surface area contributed by atoms with E-state index in [0.29, 0.717) is 0 Å². The fourth-order valence-corrected chi connectivity index (χ4v) is 0.944. The molecule has 0 saturated heterocycles. The predicted molar refractivity (Wildman–Crippen MR) is 53.7 cm³/mol. The predicted octanol–water partition coefficient (Wildman–Crippen LogP) is 0.829. The SMILES string of the molecule is c1cncnc1.c1ncc2[nH]ncc2n1. The third kappa shape index (κ3) is 2.53. The van der Waals surface area contributed by atoms with E-state index in [-0.39, 0.29) is 0 Å². The first-order valence-corrected chi connectivity index (χ1v) is 4.26. The van der Waals surface area contributed by atoms with Crippen molar-refractivity contribution in [1.29, 1.82) is 0 Å². The Kier molecular flexibility index (Phi) is 2.91. The van der Waals surface area contributed by atoms with Crippen LogP contribution >= 0.6 is 0 Å². The minimum absolute atomic E-state index is 0.852. The number of fused-ring (bicyclic) bond motifs is 1. The highest BCUT2D eigenvalue weighted by molar-refractivity contribution is 5.71. The summed E-state index contributed by atoms with van der Waals surface area (Å²) in [6, 6.07) is 1.78. The van der Waals surface area contributed by atoms with E-state index in [1.54, 1.807) is 30.9 Å². The van der Waals surface area contributed by atoms with Crippen LogP contribution in [-0.4, -0.2) is 30.1 Å². The third-order valence-electron chi connectivity index (χ3n) is 1.59. The van der Waals surface area contributed by atoms with Gasteiger partial charge in [-0.2, -0.15) is 5.10 Å². The summed E-state index contributed by atoms with van der Waals surface area (Å²) in [5.74, 6) is 0. The molecule has 15 heavy (non-hydrogen) atoms. The van der Waals surface area contributed by atoms with Crippen LogP contribution in [0.1, 0.15) is 0 Å². The van der Waals surface area contributed by atoms with Crippen molar-refractivity contribution in [1.82, 2.24) is 30.1 Å². The quantitative estimate of drug-likeness (QED) is 0.581. The molecule has 0 aliphatic carbocycles. The minimum Gasteiger partial charge on any atom is -0.275 e. The Labute approximate surface area is 85.5 Å². The number of aromatic nitrogens is 6. The lowest BCUT2D eigenvalue weighted by Gasteiger charge is -1.80. The third-order valence-corrected chi connectivity index (χ3v) is 1.59. The van der Waals surface area contributed by atoms with Crippen LogP contribution in [0.4, 0.5) is 0 Å². The van der Waals surface area contributed by atoms with Gasteiger partial charge in [-0.1, -0.05) is 0 Å². The normalized spacial score (nSPS) is 9.33. The van der Waals surface area contributed by atoms with Crippen molar-refractivity contribution in [3.63, 3.8) is 0 Å². The molecule has 0 aliphatic rings. The number of nitrogens with one attached hydrogen (secondary N) is 1. The van der Waals surface area contributed by atoms with Gasteiger partial charge in [0.05, 0.1) is 12.4 Å². The highest BCUT2D eigenvalue weighted by Crippen LogP contribution is 2.00. The first-order chi connectivity index (χ1) is 7.47. The van der Waals surface area contributed by atoms with Gasteiger partial charge in [0.15, 0.2) is 0 Å². The maximum absolute atomic E-state index is 3.94. The van der Waals surface area contributed by atoms with Crippen molar-refractivity contribution < 1.29 is 0 Å². The molecule has 0 unspecified atom stereocenters. The van der Waals surface area contributed by atoms with E-state index in [9.17, 15) is 0 Å². The van der Waals surface area contributed by atoms with Gasteiger partial charge in [0.25, 0.3) is 0 Å². The molecular formula is C9H8N6. The van der Waals surface area contributed by atoms with Gasteiger partial charge in [0.1, 0.15) is 23.7 Å². The van der Waals surface area contributed by atoms with E-state index in [0.717, 1.165) is 11.0 Å². The van der Waals surface area contributed by atoms with Gasteiger partial charge >= 0.3 is 0 Å². The van der Waals surface area contributed by atoms with Gasteiger partial charge in [-0.3, -0.25) is 5.10 Å². The number of hydrogen-bond donors (Lipinski definition) is 1. The molecule has 0 saturated carbocycles. The van der Waals surface area contributed by atoms with E-state index < -0.39 is 0 Å². The second-order valence-electron chi connectivity index (χ2n) is 2.60. The molecule has 0 aromatic carbocycles. The van der Waals surface area contributed by atoms with Crippen LogP contribution in [0.15, 0.2) is 43.5 Å². The maximum Gasteiger partial charge on any atom is 0.116 e. The first kappa shape index (κ1) is 9.20. The van der Waals surface area contributed by atoms with Gasteiger partial charge in [0.2, 0.25) is 0 Å². The van der Waals surface area contributed by atoms with Crippen LogP contribution in [0.5, 0.6) is 0 Å². The molecule has 0 spiro atoms. The topological polar surface area (TPSA) is 80.2 Å².